The van der Waals surface area contributed by atoms with Crippen molar-refractivity contribution < 1.29 is 18.7 Å². The number of nitrogens with one attached hydrogen (secondary N) is 3. The van der Waals surface area contributed by atoms with E-state index in [0.29, 0.717) is 5.76 Å². The molecule has 3 N–H and O–H groups in total. The third kappa shape index (κ3) is 5.26. The van der Waals surface area contributed by atoms with E-state index in [2.05, 4.69) is 15.6 Å². The molecule has 7 heteroatoms. The highest BCUT2D eigenvalue weighted by Crippen LogP contribution is 2.24. The molecule has 33 heavy (non-hydrogen) atoms. The van der Waals surface area contributed by atoms with Crippen LogP contribution in [0.3, 0.4) is 0 Å². The molecule has 0 radical (unpaired) electrons. The molecular weight excluding hydrogens is 418 g/mol. The van der Waals surface area contributed by atoms with Gasteiger partial charge in [-0.15, -0.1) is 0 Å². The molecule has 7 nitrogen and oxygen atoms in total. The van der Waals surface area contributed by atoms with E-state index in [-0.39, 0.29) is 25.0 Å². The number of carbonyl (C=O) groups is 2. The van der Waals surface area contributed by atoms with E-state index in [1.165, 1.54) is 6.26 Å². The highest BCUT2D eigenvalue weighted by atomic mass is 16.6. The predicted octanol–water partition coefficient (Wildman–Crippen LogP) is 4.87. The summed E-state index contributed by atoms with van der Waals surface area (Å²) in [5.41, 5.74) is 1.60. The number of rotatable bonds is 8. The lowest BCUT2D eigenvalue weighted by atomic mass is 9.91. The van der Waals surface area contributed by atoms with Gasteiger partial charge in [0.2, 0.25) is 5.91 Å². The van der Waals surface area contributed by atoms with E-state index >= 15 is 0 Å². The summed E-state index contributed by atoms with van der Waals surface area (Å²) >= 11 is 0. The van der Waals surface area contributed by atoms with Crippen LogP contribution in [0.2, 0.25) is 0 Å². The normalized spacial score (nSPS) is 13.8. The minimum atomic E-state index is -1.26. The molecule has 0 fully saturated rings. The van der Waals surface area contributed by atoms with Crippen LogP contribution in [0.1, 0.15) is 36.8 Å². The molecular formula is C26H27N3O4. The lowest BCUT2D eigenvalue weighted by Crippen LogP contribution is -2.58. The predicted molar refractivity (Wildman–Crippen MR) is 125 cm³/mol. The Hall–Kier alpha value is -4.00. The van der Waals surface area contributed by atoms with Gasteiger partial charge in [0.25, 0.3) is 0 Å². The zero-order valence-electron chi connectivity index (χ0n) is 18.6. The Morgan fingerprint density at radius 3 is 2.58 bits per heavy atom. The van der Waals surface area contributed by atoms with Crippen molar-refractivity contribution in [3.05, 3.63) is 96.1 Å². The Bertz CT molecular complexity index is 1220. The second kappa shape index (κ2) is 9.65. The number of furan rings is 1. The number of amides is 2. The Balaban J connectivity index is 1.54. The van der Waals surface area contributed by atoms with Gasteiger partial charge in [-0.3, -0.25) is 4.79 Å². The average molecular weight is 446 g/mol. The maximum Gasteiger partial charge on any atom is 0.408 e. The first kappa shape index (κ1) is 22.2. The van der Waals surface area contributed by atoms with Gasteiger partial charge in [-0.1, -0.05) is 48.5 Å². The lowest BCUT2D eigenvalue weighted by molar-refractivity contribution is -0.127. The third-order valence-electron chi connectivity index (χ3n) is 5.67. The van der Waals surface area contributed by atoms with Crippen LogP contribution >= 0.6 is 0 Å². The third-order valence-corrected chi connectivity index (χ3v) is 5.67. The summed E-state index contributed by atoms with van der Waals surface area (Å²) in [5.74, 6) is 0.213. The first-order chi connectivity index (χ1) is 15.9. The van der Waals surface area contributed by atoms with Crippen LogP contribution in [-0.4, -0.2) is 22.5 Å². The van der Waals surface area contributed by atoms with Gasteiger partial charge in [-0.05, 0) is 43.2 Å². The van der Waals surface area contributed by atoms with Crippen molar-refractivity contribution in [1.82, 2.24) is 15.6 Å². The van der Waals surface area contributed by atoms with Gasteiger partial charge in [0.15, 0.2) is 6.61 Å². The molecule has 4 aromatic rings. The molecule has 2 heterocycles. The fraction of sp³-hybridized carbons (Fsp3) is 0.231. The van der Waals surface area contributed by atoms with E-state index in [1.54, 1.807) is 19.1 Å². The minimum absolute atomic E-state index is 0.0238. The quantitative estimate of drug-likeness (QED) is 0.361. The van der Waals surface area contributed by atoms with Crippen LogP contribution in [0.5, 0.6) is 0 Å². The number of H-pyrrole nitrogens is 1. The van der Waals surface area contributed by atoms with Gasteiger partial charge in [0.1, 0.15) is 11.3 Å². The first-order valence-electron chi connectivity index (χ1n) is 10.8. The number of carbonyl (C=O) groups excluding carboxylic acids is 2. The molecule has 170 valence electrons. The van der Waals surface area contributed by atoms with Crippen molar-refractivity contribution >= 4 is 22.9 Å². The number of alkyl carbamates (subject to hydrolysis) is 1. The van der Waals surface area contributed by atoms with Gasteiger partial charge in [-0.25, -0.2) is 4.79 Å². The van der Waals surface area contributed by atoms with Gasteiger partial charge in [0.05, 0.1) is 12.3 Å². The molecule has 0 aliphatic heterocycles. The van der Waals surface area contributed by atoms with Crippen LogP contribution in [0, 0.1) is 0 Å². The Morgan fingerprint density at radius 2 is 1.82 bits per heavy atom. The average Bonchev–Trinajstić information content (AvgIpc) is 3.48. The monoisotopic (exact) mass is 445 g/mol. The van der Waals surface area contributed by atoms with Crippen molar-refractivity contribution in [2.75, 3.05) is 0 Å². The molecule has 4 rings (SSSR count). The number of aromatic amines is 1. The van der Waals surface area contributed by atoms with Gasteiger partial charge >= 0.3 is 6.09 Å². The number of aromatic nitrogens is 1. The van der Waals surface area contributed by atoms with Crippen LogP contribution in [0.4, 0.5) is 4.79 Å². The van der Waals surface area contributed by atoms with Crippen LogP contribution in [0.15, 0.2) is 83.6 Å². The SMILES string of the molecule is CC(NC(=O)C(C)(Cc1c[nH]c2ccccc12)NC(=O)OCc1ccco1)c1ccccc1. The molecule has 0 bridgehead atoms. The summed E-state index contributed by atoms with van der Waals surface area (Å²) < 4.78 is 10.5. The fourth-order valence-electron chi connectivity index (χ4n) is 3.81. The van der Waals surface area contributed by atoms with Crippen LogP contribution < -0.4 is 10.6 Å². The minimum Gasteiger partial charge on any atom is -0.466 e. The summed E-state index contributed by atoms with van der Waals surface area (Å²) in [6.07, 6.45) is 2.96. The molecule has 0 saturated carbocycles. The van der Waals surface area contributed by atoms with Crippen molar-refractivity contribution in [3.63, 3.8) is 0 Å². The first-order valence-corrected chi connectivity index (χ1v) is 10.8. The molecule has 2 aromatic carbocycles. The van der Waals surface area contributed by atoms with Gasteiger partial charge < -0.3 is 24.8 Å². The van der Waals surface area contributed by atoms with Crippen molar-refractivity contribution in [2.24, 2.45) is 0 Å². The molecule has 2 unspecified atom stereocenters. The van der Waals surface area contributed by atoms with Crippen molar-refractivity contribution in [1.29, 1.82) is 0 Å². The summed E-state index contributed by atoms with van der Waals surface area (Å²) in [6.45, 7) is 3.59. The molecule has 0 aliphatic rings. The Morgan fingerprint density at radius 1 is 1.06 bits per heavy atom. The second-order valence-electron chi connectivity index (χ2n) is 8.25. The van der Waals surface area contributed by atoms with Crippen molar-refractivity contribution in [2.45, 2.75) is 38.5 Å². The summed E-state index contributed by atoms with van der Waals surface area (Å²) in [4.78, 5) is 29.3. The zero-order valence-corrected chi connectivity index (χ0v) is 18.6. The maximum atomic E-state index is 13.5. The lowest BCUT2D eigenvalue weighted by Gasteiger charge is -2.30. The van der Waals surface area contributed by atoms with Gasteiger partial charge in [-0.2, -0.15) is 0 Å². The molecule has 0 aliphatic carbocycles. The standard InChI is InChI=1S/C26H27N3O4/c1-18(19-9-4-3-5-10-19)28-24(30)26(2,29-25(31)33-17-21-11-8-14-32-21)15-20-16-27-23-13-7-6-12-22(20)23/h3-14,16,18,27H,15,17H2,1-2H3,(H,28,30)(H,29,31). The number of hydrogen-bond acceptors (Lipinski definition) is 4. The Labute approximate surface area is 192 Å². The highest BCUT2D eigenvalue weighted by molar-refractivity contribution is 5.91. The number of benzene rings is 2. The van der Waals surface area contributed by atoms with E-state index in [9.17, 15) is 9.59 Å². The number of para-hydroxylation sites is 1. The number of ether oxygens (including phenoxy) is 1. The molecule has 0 spiro atoms. The second-order valence-corrected chi connectivity index (χ2v) is 8.25. The fourth-order valence-corrected chi connectivity index (χ4v) is 3.81. The molecule has 0 saturated heterocycles. The largest absolute Gasteiger partial charge is 0.466 e. The van der Waals surface area contributed by atoms with Crippen LogP contribution in [-0.2, 0) is 22.6 Å². The summed E-state index contributed by atoms with van der Waals surface area (Å²) in [7, 11) is 0. The maximum absolute atomic E-state index is 13.5. The number of fused-ring (bicyclic) bond motifs is 1. The highest BCUT2D eigenvalue weighted by Gasteiger charge is 2.37. The zero-order chi connectivity index (χ0) is 23.3. The van der Waals surface area contributed by atoms with Gasteiger partial charge in [0, 0.05) is 23.5 Å². The molecule has 2 amide bonds. The van der Waals surface area contributed by atoms with E-state index in [4.69, 9.17) is 9.15 Å². The Kier molecular flexibility index (Phi) is 6.49. The summed E-state index contributed by atoms with van der Waals surface area (Å²) in [6, 6.07) is 20.7. The summed E-state index contributed by atoms with van der Waals surface area (Å²) in [5, 5.41) is 6.82. The smallest absolute Gasteiger partial charge is 0.408 e. The molecule has 2 aromatic heterocycles. The number of hydrogen-bond donors (Lipinski definition) is 3. The van der Waals surface area contributed by atoms with Crippen molar-refractivity contribution in [3.8, 4) is 0 Å². The van der Waals surface area contributed by atoms with E-state index in [0.717, 1.165) is 22.0 Å². The van der Waals surface area contributed by atoms with E-state index < -0.39 is 11.6 Å². The van der Waals surface area contributed by atoms with Crippen LogP contribution in [0.25, 0.3) is 10.9 Å². The topological polar surface area (TPSA) is 96.4 Å². The van der Waals surface area contributed by atoms with E-state index in [1.807, 2.05) is 67.7 Å². The molecule has 2 atom stereocenters.